The molecule has 5 rings (SSSR count). The van der Waals surface area contributed by atoms with E-state index in [0.717, 1.165) is 46.6 Å². The topological polar surface area (TPSA) is 69.5 Å². The third-order valence-electron chi connectivity index (χ3n) is 5.86. The molecule has 7 nitrogen and oxygen atoms in total. The van der Waals surface area contributed by atoms with Crippen LogP contribution in [0.25, 0.3) is 21.9 Å². The van der Waals surface area contributed by atoms with Gasteiger partial charge in [-0.2, -0.15) is 0 Å². The normalized spacial score (nSPS) is 14.3. The molecule has 2 aromatic heterocycles. The van der Waals surface area contributed by atoms with Crippen molar-refractivity contribution in [1.29, 1.82) is 0 Å². The third-order valence-corrected chi connectivity index (χ3v) is 5.86. The second-order valence-corrected chi connectivity index (χ2v) is 7.69. The first-order valence-electron chi connectivity index (χ1n) is 10.4. The van der Waals surface area contributed by atoms with Gasteiger partial charge in [0, 0.05) is 30.4 Å². The summed E-state index contributed by atoms with van der Waals surface area (Å²) < 4.78 is 12.7. The average molecular weight is 416 g/mol. The van der Waals surface area contributed by atoms with Crippen LogP contribution in [0.1, 0.15) is 21.7 Å². The van der Waals surface area contributed by atoms with Crippen molar-refractivity contribution in [3.63, 3.8) is 0 Å². The Morgan fingerprint density at radius 2 is 1.94 bits per heavy atom. The van der Waals surface area contributed by atoms with Crippen LogP contribution in [0.3, 0.4) is 0 Å². The van der Waals surface area contributed by atoms with Crippen molar-refractivity contribution in [2.45, 2.75) is 13.5 Å². The molecule has 1 aliphatic heterocycles. The highest BCUT2D eigenvalue weighted by Gasteiger charge is 2.21. The molecule has 4 aromatic rings. The van der Waals surface area contributed by atoms with Gasteiger partial charge in [0.05, 0.1) is 43.5 Å². The van der Waals surface area contributed by atoms with Crippen LogP contribution in [0.2, 0.25) is 0 Å². The fourth-order valence-electron chi connectivity index (χ4n) is 4.26. The van der Waals surface area contributed by atoms with E-state index < -0.39 is 0 Å². The Balaban J connectivity index is 1.67. The molecule has 1 aliphatic rings. The maximum Gasteiger partial charge on any atom is 0.340 e. The minimum absolute atomic E-state index is 0.378. The number of carbonyl (C=O) groups excluding carboxylic acids is 1. The third kappa shape index (κ3) is 3.51. The monoisotopic (exact) mass is 416 g/mol. The lowest BCUT2D eigenvalue weighted by Gasteiger charge is -2.29. The van der Waals surface area contributed by atoms with Gasteiger partial charge in [-0.15, -0.1) is 0 Å². The Kier molecular flexibility index (Phi) is 5.03. The summed E-state index contributed by atoms with van der Waals surface area (Å²) in [6, 6.07) is 14.2. The number of methoxy groups -OCH3 is 1. The van der Waals surface area contributed by atoms with Crippen molar-refractivity contribution in [1.82, 2.24) is 14.5 Å². The van der Waals surface area contributed by atoms with Crippen LogP contribution in [0.15, 0.2) is 48.7 Å². The number of anilines is 1. The second kappa shape index (κ2) is 8.00. The van der Waals surface area contributed by atoms with E-state index in [1.54, 1.807) is 0 Å². The van der Waals surface area contributed by atoms with E-state index in [9.17, 15) is 4.79 Å². The molecule has 7 heteroatoms. The van der Waals surface area contributed by atoms with Crippen LogP contribution in [0, 0.1) is 6.92 Å². The van der Waals surface area contributed by atoms with Crippen molar-refractivity contribution < 1.29 is 14.3 Å². The number of morpholine rings is 1. The van der Waals surface area contributed by atoms with Crippen molar-refractivity contribution in [2.75, 3.05) is 38.3 Å². The van der Waals surface area contributed by atoms with Gasteiger partial charge in [0.2, 0.25) is 0 Å². The number of para-hydroxylation sites is 1. The molecule has 31 heavy (non-hydrogen) atoms. The zero-order valence-electron chi connectivity index (χ0n) is 17.7. The van der Waals surface area contributed by atoms with E-state index >= 15 is 0 Å². The molecular weight excluding hydrogens is 392 g/mol. The summed E-state index contributed by atoms with van der Waals surface area (Å²) in [6.07, 6.45) is 1.82. The molecule has 1 saturated heterocycles. The van der Waals surface area contributed by atoms with Gasteiger partial charge in [-0.3, -0.25) is 4.98 Å². The lowest BCUT2D eigenvalue weighted by molar-refractivity contribution is 0.0603. The molecule has 2 aromatic carbocycles. The molecule has 0 atom stereocenters. The summed E-state index contributed by atoms with van der Waals surface area (Å²) in [5.41, 5.74) is 5.12. The lowest BCUT2D eigenvalue weighted by Crippen LogP contribution is -2.36. The zero-order chi connectivity index (χ0) is 21.4. The molecule has 0 saturated carbocycles. The summed E-state index contributed by atoms with van der Waals surface area (Å²) in [5, 5.41) is 1.10. The highest BCUT2D eigenvalue weighted by atomic mass is 16.5. The van der Waals surface area contributed by atoms with E-state index in [1.807, 2.05) is 31.3 Å². The Hall–Kier alpha value is -3.45. The van der Waals surface area contributed by atoms with Gasteiger partial charge in [0.15, 0.2) is 0 Å². The van der Waals surface area contributed by atoms with E-state index in [-0.39, 0.29) is 5.97 Å². The maximum absolute atomic E-state index is 12.6. The smallest absolute Gasteiger partial charge is 0.340 e. The molecule has 0 bridgehead atoms. The van der Waals surface area contributed by atoms with Gasteiger partial charge < -0.3 is 18.9 Å². The van der Waals surface area contributed by atoms with Gasteiger partial charge in [-0.25, -0.2) is 9.78 Å². The molecule has 1 fully saturated rings. The summed E-state index contributed by atoms with van der Waals surface area (Å²) in [4.78, 5) is 24.2. The van der Waals surface area contributed by atoms with Crippen molar-refractivity contribution in [3.8, 4) is 0 Å². The minimum atomic E-state index is -0.378. The molecule has 3 heterocycles. The van der Waals surface area contributed by atoms with Crippen LogP contribution in [0.4, 0.5) is 5.69 Å². The molecule has 0 spiro atoms. The number of fused-ring (bicyclic) bond motifs is 2. The summed E-state index contributed by atoms with van der Waals surface area (Å²) >= 11 is 0. The van der Waals surface area contributed by atoms with Gasteiger partial charge in [-0.05, 0) is 30.7 Å². The highest BCUT2D eigenvalue weighted by molar-refractivity contribution is 6.04. The molecule has 0 aliphatic carbocycles. The van der Waals surface area contributed by atoms with Crippen molar-refractivity contribution in [3.05, 3.63) is 65.6 Å². The summed E-state index contributed by atoms with van der Waals surface area (Å²) in [5.74, 6) is 0.462. The Morgan fingerprint density at radius 1 is 1.13 bits per heavy atom. The Morgan fingerprint density at radius 3 is 2.74 bits per heavy atom. The molecule has 158 valence electrons. The van der Waals surface area contributed by atoms with E-state index in [4.69, 9.17) is 14.5 Å². The number of aromatic nitrogens is 3. The number of rotatable bonds is 4. The van der Waals surface area contributed by atoms with Gasteiger partial charge in [0.1, 0.15) is 11.3 Å². The number of imidazole rings is 1. The van der Waals surface area contributed by atoms with Crippen molar-refractivity contribution >= 4 is 33.6 Å². The molecule has 0 N–H and O–H groups in total. The molecule has 0 unspecified atom stereocenters. The predicted octanol–water partition coefficient (Wildman–Crippen LogP) is 3.56. The van der Waals surface area contributed by atoms with Crippen molar-refractivity contribution in [2.24, 2.45) is 0 Å². The van der Waals surface area contributed by atoms with E-state index in [2.05, 4.69) is 38.7 Å². The summed E-state index contributed by atoms with van der Waals surface area (Å²) in [7, 11) is 1.40. The second-order valence-electron chi connectivity index (χ2n) is 7.69. The number of benzene rings is 2. The lowest BCUT2D eigenvalue weighted by atomic mass is 10.1. The number of pyridine rings is 1. The number of hydrogen-bond acceptors (Lipinski definition) is 6. The first-order chi connectivity index (χ1) is 15.2. The van der Waals surface area contributed by atoms with Crippen LogP contribution in [0.5, 0.6) is 0 Å². The number of esters is 1. The van der Waals surface area contributed by atoms with Crippen LogP contribution in [-0.4, -0.2) is 53.9 Å². The first-order valence-corrected chi connectivity index (χ1v) is 10.4. The number of hydrogen-bond donors (Lipinski definition) is 0. The van der Waals surface area contributed by atoms with Crippen LogP contribution < -0.4 is 4.90 Å². The number of ether oxygens (including phenoxy) is 2. The Labute approximate surface area is 180 Å². The Bertz CT molecular complexity index is 1270. The van der Waals surface area contributed by atoms with Gasteiger partial charge >= 0.3 is 5.97 Å². The minimum Gasteiger partial charge on any atom is -0.465 e. The summed E-state index contributed by atoms with van der Waals surface area (Å²) in [6.45, 7) is 5.49. The SMILES string of the molecule is COC(=O)c1cc(N2CCOCC2)cc2c1nc(C)n2Cc1cccc2cccnc12. The zero-order valence-corrected chi connectivity index (χ0v) is 17.7. The molecular formula is C24H24N4O3. The standard InChI is InChI=1S/C24H24N4O3/c1-16-26-23-20(24(29)30-2)13-19(27-9-11-31-12-10-27)14-21(23)28(16)15-18-6-3-5-17-7-4-8-25-22(17)18/h3-8,13-14H,9-12,15H2,1-2H3. The highest BCUT2D eigenvalue weighted by Crippen LogP contribution is 2.29. The molecule has 0 amide bonds. The van der Waals surface area contributed by atoms with Gasteiger partial charge in [0.25, 0.3) is 0 Å². The van der Waals surface area contributed by atoms with Gasteiger partial charge in [-0.1, -0.05) is 24.3 Å². The average Bonchev–Trinajstić information content (AvgIpc) is 3.13. The van der Waals surface area contributed by atoms with E-state index in [0.29, 0.717) is 30.8 Å². The fraction of sp³-hybridized carbons (Fsp3) is 0.292. The van der Waals surface area contributed by atoms with Crippen LogP contribution in [-0.2, 0) is 16.0 Å². The number of aryl methyl sites for hydroxylation is 1. The first kappa shape index (κ1) is 19.5. The maximum atomic E-state index is 12.6. The number of nitrogens with zero attached hydrogens (tertiary/aromatic N) is 4. The number of carbonyl (C=O) groups is 1. The largest absolute Gasteiger partial charge is 0.465 e. The fourth-order valence-corrected chi connectivity index (χ4v) is 4.26. The quantitative estimate of drug-likeness (QED) is 0.474. The predicted molar refractivity (Wildman–Crippen MR) is 120 cm³/mol. The van der Waals surface area contributed by atoms with E-state index in [1.165, 1.54) is 7.11 Å². The molecule has 0 radical (unpaired) electrons. The van der Waals surface area contributed by atoms with Crippen LogP contribution >= 0.6 is 0 Å².